The molecular weight excluding hydrogens is 1160 g/mol. The Morgan fingerprint density at radius 2 is 1.48 bits per heavy atom. The van der Waals surface area contributed by atoms with Crippen LogP contribution in [0.2, 0.25) is 0 Å². The normalized spacial score (nSPS) is 23.8. The maximum absolute atomic E-state index is 15.0. The molecule has 1 aliphatic carbocycles. The first-order valence-corrected chi connectivity index (χ1v) is 30.3. The number of carbonyl (C=O) groups is 13. The van der Waals surface area contributed by atoms with E-state index in [1.807, 2.05) is 13.8 Å². The molecule has 1 aromatic carbocycles. The van der Waals surface area contributed by atoms with Crippen LogP contribution < -0.4 is 47.7 Å². The van der Waals surface area contributed by atoms with E-state index in [1.54, 1.807) is 48.5 Å². The molecule has 0 aromatic heterocycles. The standard InChI is InChI=1S/C61H88N12O16/c1-27(2)24-39(75)72-22-16-18-36(72)54(79)64-25-38(74)65-44(29(5)6)60(85)87-33(11)45(56(81)63-13)69-55(80)41-42(62)50(77)32(10)52-48(41)66-47-35(21-20-31(9)51(47)89-52)53(78)68-46-34(12)88-61(86)49(30(7)8)71(15)40(76)26-70(14)58(83)37-19-17-23-73(37)59(84)43(28(3)4)67-57(46)82/h20-21,27-30,33-34,36-37,43-46,48-49,66H,16-19,22-26,62H2,1-15H3,(H,63,81)(H,64,79)(H,65,74)(H,67,82)(H,68,78)(H,69,80). The van der Waals surface area contributed by atoms with E-state index in [4.69, 9.17) is 19.9 Å². The molecule has 0 bridgehead atoms. The number of hydrogen-bond donors (Lipinski definition) is 8. The van der Waals surface area contributed by atoms with Gasteiger partial charge in [-0.3, -0.25) is 52.7 Å². The van der Waals surface area contributed by atoms with Crippen LogP contribution in [0, 0.1) is 30.6 Å². The summed E-state index contributed by atoms with van der Waals surface area (Å²) in [5, 5.41) is 18.6. The largest absolute Gasteiger partial charge is 0.458 e. The number of allylic oxidation sites excluding steroid dienone is 1. The Bertz CT molecular complexity index is 3080. The average Bonchev–Trinajstić information content (AvgIpc) is 1.47. The molecule has 0 radical (unpaired) electrons. The van der Waals surface area contributed by atoms with E-state index in [9.17, 15) is 62.3 Å². The van der Waals surface area contributed by atoms with Crippen LogP contribution in [0.3, 0.4) is 0 Å². The summed E-state index contributed by atoms with van der Waals surface area (Å²) in [7, 11) is 4.07. The number of cyclic esters (lactones) is 1. The monoisotopic (exact) mass is 1240 g/mol. The van der Waals surface area contributed by atoms with Gasteiger partial charge in [-0.1, -0.05) is 61.5 Å². The minimum atomic E-state index is -1.74. The summed E-state index contributed by atoms with van der Waals surface area (Å²) in [4.78, 5) is 187. The van der Waals surface area contributed by atoms with Gasteiger partial charge < -0.3 is 76.8 Å². The van der Waals surface area contributed by atoms with E-state index >= 15 is 0 Å². The van der Waals surface area contributed by atoms with Crippen molar-refractivity contribution in [3.8, 4) is 5.75 Å². The van der Waals surface area contributed by atoms with Crippen LogP contribution in [0.25, 0.3) is 0 Å². The lowest BCUT2D eigenvalue weighted by atomic mass is 9.87. The first-order chi connectivity index (χ1) is 41.7. The molecule has 3 fully saturated rings. The van der Waals surface area contributed by atoms with Crippen LogP contribution in [-0.4, -0.2) is 204 Å². The highest BCUT2D eigenvalue weighted by atomic mass is 16.6. The van der Waals surface area contributed by atoms with E-state index in [0.717, 1.165) is 4.90 Å². The van der Waals surface area contributed by atoms with Gasteiger partial charge in [0.1, 0.15) is 66.3 Å². The van der Waals surface area contributed by atoms with Crippen molar-refractivity contribution in [3.05, 3.63) is 45.9 Å². The highest BCUT2D eigenvalue weighted by Gasteiger charge is 2.47. The fourth-order valence-electron chi connectivity index (χ4n) is 11.6. The van der Waals surface area contributed by atoms with Gasteiger partial charge in [0, 0.05) is 46.2 Å². The number of ketones is 1. The van der Waals surface area contributed by atoms with Gasteiger partial charge in [-0.05, 0) is 88.7 Å². The van der Waals surface area contributed by atoms with Gasteiger partial charge >= 0.3 is 11.9 Å². The van der Waals surface area contributed by atoms with Crippen LogP contribution in [0.15, 0.2) is 34.7 Å². The van der Waals surface area contributed by atoms with Gasteiger partial charge in [0.2, 0.25) is 53.0 Å². The number of rotatable bonds is 17. The van der Waals surface area contributed by atoms with Crippen molar-refractivity contribution in [2.45, 2.75) is 176 Å². The number of amides is 10. The lowest BCUT2D eigenvalue weighted by Gasteiger charge is -2.37. The van der Waals surface area contributed by atoms with Gasteiger partial charge in [-0.15, -0.1) is 0 Å². The quantitative estimate of drug-likeness (QED) is 0.0937. The molecule has 0 saturated carbocycles. The number of ether oxygens (including phenoxy) is 3. The second-order valence-corrected chi connectivity index (χ2v) is 24.9. The number of carbonyl (C=O) groups excluding carboxylic acids is 13. The minimum absolute atomic E-state index is 0.0171. The predicted molar refractivity (Wildman–Crippen MR) is 321 cm³/mol. The number of anilines is 1. The molecule has 4 aliphatic heterocycles. The molecule has 0 spiro atoms. The Labute approximate surface area is 518 Å². The van der Waals surface area contributed by atoms with Crippen LogP contribution >= 0.6 is 0 Å². The molecule has 28 heteroatoms. The van der Waals surface area contributed by atoms with E-state index in [2.05, 4.69) is 37.2 Å². The van der Waals surface area contributed by atoms with Crippen molar-refractivity contribution in [1.29, 1.82) is 0 Å². The van der Waals surface area contributed by atoms with Crippen molar-refractivity contribution in [1.82, 2.24) is 51.5 Å². The third kappa shape index (κ3) is 15.5. The summed E-state index contributed by atoms with van der Waals surface area (Å²) in [5.74, 6) is -11.5. The van der Waals surface area contributed by atoms with E-state index in [0.29, 0.717) is 37.8 Å². The van der Waals surface area contributed by atoms with Crippen molar-refractivity contribution in [3.63, 3.8) is 0 Å². The smallest absolute Gasteiger partial charge is 0.329 e. The summed E-state index contributed by atoms with van der Waals surface area (Å²) in [6, 6.07) is -7.49. The number of nitrogens with one attached hydrogen (secondary N) is 7. The highest BCUT2D eigenvalue weighted by Crippen LogP contribution is 2.43. The summed E-state index contributed by atoms with van der Waals surface area (Å²) in [5.41, 5.74) is 5.56. The molecule has 9 N–H and O–H groups in total. The highest BCUT2D eigenvalue weighted by molar-refractivity contribution is 6.16. The molecule has 28 nitrogen and oxygen atoms in total. The topological polar surface area (TPSA) is 373 Å². The number of benzene rings is 1. The number of aryl methyl sites for hydroxylation is 1. The number of hydrogen-bond acceptors (Lipinski definition) is 18. The zero-order valence-corrected chi connectivity index (χ0v) is 53.5. The molecular formula is C61H88N12O16. The third-order valence-electron chi connectivity index (χ3n) is 16.7. The Kier molecular flexibility index (Phi) is 22.8. The Balaban J connectivity index is 1.26. The molecule has 5 aliphatic rings. The lowest BCUT2D eigenvalue weighted by Crippen LogP contribution is -2.61. The first-order valence-electron chi connectivity index (χ1n) is 30.3. The molecule has 89 heavy (non-hydrogen) atoms. The molecule has 1 aromatic rings. The molecule has 10 atom stereocenters. The fraction of sp³-hybridized carbons (Fsp3) is 0.623. The number of Topliss-reactive ketones (excluding diaryl/α,β-unsaturated/α-hetero) is 1. The maximum Gasteiger partial charge on any atom is 0.329 e. The number of nitrogens with zero attached hydrogens (tertiary/aromatic N) is 4. The fourth-order valence-corrected chi connectivity index (χ4v) is 11.6. The second kappa shape index (κ2) is 29.2. The second-order valence-electron chi connectivity index (χ2n) is 24.9. The van der Waals surface area contributed by atoms with Crippen molar-refractivity contribution >= 4 is 82.5 Å². The zero-order chi connectivity index (χ0) is 66.4. The molecule has 4 heterocycles. The Morgan fingerprint density at radius 1 is 0.820 bits per heavy atom. The van der Waals surface area contributed by atoms with E-state index in [1.165, 1.54) is 68.7 Å². The maximum atomic E-state index is 15.0. The molecule has 10 amide bonds. The molecule has 6 rings (SSSR count). The van der Waals surface area contributed by atoms with E-state index in [-0.39, 0.29) is 53.1 Å². The molecule has 10 unspecified atom stereocenters. The van der Waals surface area contributed by atoms with Gasteiger partial charge in [0.05, 0.1) is 35.6 Å². The zero-order valence-electron chi connectivity index (χ0n) is 53.5. The van der Waals surface area contributed by atoms with Gasteiger partial charge in [0.25, 0.3) is 11.8 Å². The lowest BCUT2D eigenvalue weighted by molar-refractivity contribution is -0.163. The number of likely N-dealkylation sites (N-methyl/N-ethyl adjacent to an activating group) is 3. The molecule has 3 saturated heterocycles. The van der Waals surface area contributed by atoms with Crippen molar-refractivity contribution < 1.29 is 76.5 Å². The van der Waals surface area contributed by atoms with Crippen LogP contribution in [0.1, 0.15) is 124 Å². The average molecular weight is 1250 g/mol. The number of likely N-dealkylation sites (tertiary alicyclic amines) is 1. The summed E-state index contributed by atoms with van der Waals surface area (Å²) in [6.45, 7) is 19.1. The van der Waals surface area contributed by atoms with Crippen LogP contribution in [-0.2, 0) is 67.0 Å². The van der Waals surface area contributed by atoms with Crippen molar-refractivity contribution in [2.75, 3.05) is 52.6 Å². The minimum Gasteiger partial charge on any atom is -0.458 e. The number of esters is 2. The van der Waals surface area contributed by atoms with Crippen molar-refractivity contribution in [2.24, 2.45) is 29.4 Å². The molecule has 488 valence electrons. The number of nitrogens with two attached hydrogens (primary N) is 1. The number of fused-ring (bicyclic) bond motifs is 3. The summed E-state index contributed by atoms with van der Waals surface area (Å²) < 4.78 is 18.1. The summed E-state index contributed by atoms with van der Waals surface area (Å²) >= 11 is 0. The Morgan fingerprint density at radius 3 is 2.10 bits per heavy atom. The third-order valence-corrected chi connectivity index (χ3v) is 16.7. The Hall–Kier alpha value is -8.59. The first kappa shape index (κ1) is 69.5. The predicted octanol–water partition coefficient (Wildman–Crippen LogP) is -0.189. The van der Waals surface area contributed by atoms with E-state index < -0.39 is 174 Å². The summed E-state index contributed by atoms with van der Waals surface area (Å²) in [6.07, 6.45) is -0.899. The van der Waals surface area contributed by atoms with Gasteiger partial charge in [0.15, 0.2) is 5.75 Å². The van der Waals surface area contributed by atoms with Gasteiger partial charge in [-0.2, -0.15) is 0 Å². The van der Waals surface area contributed by atoms with Crippen LogP contribution in [0.5, 0.6) is 5.75 Å². The SMILES string of the molecule is CNC(=O)C(NC(=O)C1=C(N)C(=O)C(C)=C2Oc3c(C)ccc(C(=O)NC4C(=O)NC(C(C)C)C(=O)N5CCCC5C(=O)N(C)CC(=O)N(C)C(C(C)C)C(=O)OC4C)c3NC21)C(C)OC(=O)C(NC(=O)CNC(=O)C1CCCN1C(=O)CC(C)C)C(C)C. The van der Waals surface area contributed by atoms with Crippen LogP contribution in [0.4, 0.5) is 5.69 Å². The van der Waals surface area contributed by atoms with Gasteiger partial charge in [-0.25, -0.2) is 9.59 Å².